The minimum Gasteiger partial charge on any atom is -0.490 e. The van der Waals surface area contributed by atoms with Gasteiger partial charge in [-0.1, -0.05) is 71.3 Å². The molecule has 1 aromatic carbocycles. The summed E-state index contributed by atoms with van der Waals surface area (Å²) in [5, 5.41) is 8.90. The molecular formula is C22H35NO2. The Kier molecular flexibility index (Phi) is 12.5. The van der Waals surface area contributed by atoms with Crippen LogP contribution in [0.15, 0.2) is 18.2 Å². The molecule has 3 heteroatoms. The van der Waals surface area contributed by atoms with Gasteiger partial charge in [-0.25, -0.2) is 0 Å². The first-order valence-electron chi connectivity index (χ1n) is 10.1. The molecule has 0 radical (unpaired) electrons. The van der Waals surface area contributed by atoms with Gasteiger partial charge in [-0.2, -0.15) is 5.26 Å². The Labute approximate surface area is 154 Å². The molecule has 0 N–H and O–H groups in total. The zero-order valence-corrected chi connectivity index (χ0v) is 16.2. The van der Waals surface area contributed by atoms with E-state index in [1.165, 1.54) is 51.4 Å². The highest BCUT2D eigenvalue weighted by molar-refractivity contribution is 5.43. The third-order valence-corrected chi connectivity index (χ3v) is 4.30. The van der Waals surface area contributed by atoms with Crippen LogP contribution in [0.4, 0.5) is 0 Å². The third kappa shape index (κ3) is 10.0. The predicted octanol–water partition coefficient (Wildman–Crippen LogP) is 6.45. The summed E-state index contributed by atoms with van der Waals surface area (Å²) in [6, 6.07) is 8.07. The first kappa shape index (κ1) is 21.4. The van der Waals surface area contributed by atoms with E-state index in [2.05, 4.69) is 19.9 Å². The van der Waals surface area contributed by atoms with E-state index in [1.54, 1.807) is 0 Å². The van der Waals surface area contributed by atoms with Gasteiger partial charge in [-0.05, 0) is 30.5 Å². The van der Waals surface area contributed by atoms with Gasteiger partial charge in [0.05, 0.1) is 25.7 Å². The molecular weight excluding hydrogens is 310 g/mol. The highest BCUT2D eigenvalue weighted by Gasteiger charge is 2.07. The third-order valence-electron chi connectivity index (χ3n) is 4.30. The molecule has 0 unspecified atom stereocenters. The van der Waals surface area contributed by atoms with Gasteiger partial charge in [0, 0.05) is 0 Å². The SMILES string of the molecule is CCCCCCCOc1ccc(CC#N)cc1OCCCCCCC. The minimum atomic E-state index is 0.407. The molecule has 0 heterocycles. The topological polar surface area (TPSA) is 42.2 Å². The number of nitrogens with zero attached hydrogens (tertiary/aromatic N) is 1. The summed E-state index contributed by atoms with van der Waals surface area (Å²) < 4.78 is 11.9. The van der Waals surface area contributed by atoms with Crippen molar-refractivity contribution >= 4 is 0 Å². The lowest BCUT2D eigenvalue weighted by Crippen LogP contribution is -2.03. The lowest BCUT2D eigenvalue weighted by atomic mass is 10.1. The Hall–Kier alpha value is -1.69. The molecule has 0 amide bonds. The van der Waals surface area contributed by atoms with Crippen molar-refractivity contribution in [2.24, 2.45) is 0 Å². The van der Waals surface area contributed by atoms with E-state index < -0.39 is 0 Å². The predicted molar refractivity (Wildman–Crippen MR) is 104 cm³/mol. The maximum atomic E-state index is 8.90. The van der Waals surface area contributed by atoms with Gasteiger partial charge < -0.3 is 9.47 Å². The number of unbranched alkanes of at least 4 members (excludes halogenated alkanes) is 8. The molecule has 3 nitrogen and oxygen atoms in total. The van der Waals surface area contributed by atoms with Crippen LogP contribution in [0.1, 0.15) is 83.6 Å². The monoisotopic (exact) mass is 345 g/mol. The summed E-state index contributed by atoms with van der Waals surface area (Å²) in [6.45, 7) is 5.90. The fraction of sp³-hybridized carbons (Fsp3) is 0.682. The molecule has 0 saturated heterocycles. The Morgan fingerprint density at radius 2 is 1.32 bits per heavy atom. The summed E-state index contributed by atoms with van der Waals surface area (Å²) in [4.78, 5) is 0. The summed E-state index contributed by atoms with van der Waals surface area (Å²) in [5.41, 5.74) is 0.985. The second-order valence-electron chi connectivity index (χ2n) is 6.64. The molecule has 140 valence electrons. The minimum absolute atomic E-state index is 0.407. The van der Waals surface area contributed by atoms with Crippen LogP contribution < -0.4 is 9.47 Å². The first-order valence-corrected chi connectivity index (χ1v) is 10.1. The molecule has 0 bridgehead atoms. The van der Waals surface area contributed by atoms with E-state index in [-0.39, 0.29) is 0 Å². The normalized spacial score (nSPS) is 10.4. The lowest BCUT2D eigenvalue weighted by molar-refractivity contribution is 0.258. The second kappa shape index (κ2) is 14.6. The number of nitriles is 1. The standard InChI is InChI=1S/C22H35NO2/c1-3-5-7-9-11-17-24-21-14-13-20(15-16-23)19-22(21)25-18-12-10-8-6-4-2/h13-14,19H,3-12,15,17-18H2,1-2H3. The van der Waals surface area contributed by atoms with E-state index >= 15 is 0 Å². The molecule has 0 aliphatic carbocycles. The van der Waals surface area contributed by atoms with Crippen molar-refractivity contribution in [1.82, 2.24) is 0 Å². The van der Waals surface area contributed by atoms with Crippen LogP contribution in [0.5, 0.6) is 11.5 Å². The fourth-order valence-electron chi connectivity index (χ4n) is 2.76. The molecule has 0 aromatic heterocycles. The highest BCUT2D eigenvalue weighted by atomic mass is 16.5. The van der Waals surface area contributed by atoms with E-state index in [0.29, 0.717) is 13.0 Å². The van der Waals surface area contributed by atoms with Crippen LogP contribution in [0.2, 0.25) is 0 Å². The maximum absolute atomic E-state index is 8.90. The molecule has 0 spiro atoms. The Bertz CT molecular complexity index is 493. The summed E-state index contributed by atoms with van der Waals surface area (Å²) in [6.07, 6.45) is 12.6. The van der Waals surface area contributed by atoms with Crippen LogP contribution in [-0.2, 0) is 6.42 Å². The zero-order valence-electron chi connectivity index (χ0n) is 16.2. The van der Waals surface area contributed by atoms with Crippen molar-refractivity contribution in [1.29, 1.82) is 5.26 Å². The number of rotatable bonds is 15. The van der Waals surface area contributed by atoms with E-state index in [0.717, 1.165) is 36.5 Å². The molecule has 1 rings (SSSR count). The lowest BCUT2D eigenvalue weighted by Gasteiger charge is -2.14. The van der Waals surface area contributed by atoms with Crippen LogP contribution in [0.25, 0.3) is 0 Å². The van der Waals surface area contributed by atoms with Gasteiger partial charge in [-0.15, -0.1) is 0 Å². The van der Waals surface area contributed by atoms with Gasteiger partial charge in [-0.3, -0.25) is 0 Å². The zero-order chi connectivity index (χ0) is 18.2. The number of ether oxygens (including phenoxy) is 2. The molecule has 0 aliphatic heterocycles. The van der Waals surface area contributed by atoms with Gasteiger partial charge in [0.15, 0.2) is 11.5 Å². The van der Waals surface area contributed by atoms with Crippen molar-refractivity contribution in [2.45, 2.75) is 84.5 Å². The smallest absolute Gasteiger partial charge is 0.161 e. The average Bonchev–Trinajstić information content (AvgIpc) is 2.62. The summed E-state index contributed by atoms with van der Waals surface area (Å²) in [7, 11) is 0. The molecule has 0 fully saturated rings. The Morgan fingerprint density at radius 1 is 0.760 bits per heavy atom. The molecule has 1 aromatic rings. The van der Waals surface area contributed by atoms with Gasteiger partial charge in [0.1, 0.15) is 0 Å². The molecule has 0 atom stereocenters. The molecule has 25 heavy (non-hydrogen) atoms. The largest absolute Gasteiger partial charge is 0.490 e. The van der Waals surface area contributed by atoms with Crippen LogP contribution in [0, 0.1) is 11.3 Å². The van der Waals surface area contributed by atoms with Crippen molar-refractivity contribution in [3.05, 3.63) is 23.8 Å². The van der Waals surface area contributed by atoms with Crippen molar-refractivity contribution in [3.8, 4) is 17.6 Å². The number of benzene rings is 1. The van der Waals surface area contributed by atoms with Crippen molar-refractivity contribution in [3.63, 3.8) is 0 Å². The quantitative estimate of drug-likeness (QED) is 0.343. The first-order chi connectivity index (χ1) is 12.3. The van der Waals surface area contributed by atoms with Crippen LogP contribution >= 0.6 is 0 Å². The molecule has 0 aliphatic rings. The van der Waals surface area contributed by atoms with Gasteiger partial charge in [0.2, 0.25) is 0 Å². The number of hydrogen-bond donors (Lipinski definition) is 0. The maximum Gasteiger partial charge on any atom is 0.161 e. The van der Waals surface area contributed by atoms with Crippen LogP contribution in [-0.4, -0.2) is 13.2 Å². The van der Waals surface area contributed by atoms with Crippen LogP contribution in [0.3, 0.4) is 0 Å². The van der Waals surface area contributed by atoms with Gasteiger partial charge >= 0.3 is 0 Å². The van der Waals surface area contributed by atoms with Crippen molar-refractivity contribution < 1.29 is 9.47 Å². The summed E-state index contributed by atoms with van der Waals surface area (Å²) in [5.74, 6) is 1.60. The Morgan fingerprint density at radius 3 is 1.88 bits per heavy atom. The highest BCUT2D eigenvalue weighted by Crippen LogP contribution is 2.29. The fourth-order valence-corrected chi connectivity index (χ4v) is 2.76. The number of hydrogen-bond acceptors (Lipinski definition) is 3. The molecule has 0 saturated carbocycles. The van der Waals surface area contributed by atoms with E-state index in [1.807, 2.05) is 18.2 Å². The Balaban J connectivity index is 2.46. The van der Waals surface area contributed by atoms with Gasteiger partial charge in [0.25, 0.3) is 0 Å². The van der Waals surface area contributed by atoms with Crippen molar-refractivity contribution in [2.75, 3.05) is 13.2 Å². The van der Waals surface area contributed by atoms with E-state index in [4.69, 9.17) is 14.7 Å². The van der Waals surface area contributed by atoms with E-state index in [9.17, 15) is 0 Å². The summed E-state index contributed by atoms with van der Waals surface area (Å²) >= 11 is 0. The second-order valence-corrected chi connectivity index (χ2v) is 6.64. The average molecular weight is 346 g/mol.